The maximum atomic E-state index is 11.5. The van der Waals surface area contributed by atoms with Crippen LogP contribution in [0.3, 0.4) is 0 Å². The number of carbonyl (C=O) groups is 1. The third kappa shape index (κ3) is 3.29. The Morgan fingerprint density at radius 3 is 2.10 bits per heavy atom. The summed E-state index contributed by atoms with van der Waals surface area (Å²) in [7, 11) is 0. The van der Waals surface area contributed by atoms with Crippen molar-refractivity contribution in [1.82, 2.24) is 0 Å². The van der Waals surface area contributed by atoms with Crippen LogP contribution >= 0.6 is 0 Å². The van der Waals surface area contributed by atoms with Crippen molar-refractivity contribution < 1.29 is 9.53 Å². The monoisotopic (exact) mass is 276 g/mol. The van der Waals surface area contributed by atoms with Gasteiger partial charge in [0.1, 0.15) is 0 Å². The van der Waals surface area contributed by atoms with Gasteiger partial charge >= 0.3 is 0 Å². The maximum absolute atomic E-state index is 11.5. The molecule has 112 valence electrons. The Kier molecular flexibility index (Phi) is 5.94. The first-order valence-corrected chi connectivity index (χ1v) is 7.54. The van der Waals surface area contributed by atoms with Crippen LogP contribution < -0.4 is 0 Å². The zero-order valence-corrected chi connectivity index (χ0v) is 14.0. The lowest BCUT2D eigenvalue weighted by Gasteiger charge is -2.24. The van der Waals surface area contributed by atoms with Gasteiger partial charge in [0.25, 0.3) is 0 Å². The Bertz CT molecular complexity index is 487. The Labute approximate surface area is 123 Å². The second-order valence-electron chi connectivity index (χ2n) is 5.92. The molecule has 0 aliphatic rings. The molecule has 0 aromatic heterocycles. The van der Waals surface area contributed by atoms with Crippen LogP contribution in [-0.4, -0.2) is 19.0 Å². The van der Waals surface area contributed by atoms with Crippen molar-refractivity contribution in [3.05, 3.63) is 33.4 Å². The second kappa shape index (κ2) is 7.03. The van der Waals surface area contributed by atoms with Gasteiger partial charge < -0.3 is 4.74 Å². The Hall–Kier alpha value is -1.15. The Morgan fingerprint density at radius 2 is 1.65 bits per heavy atom. The van der Waals surface area contributed by atoms with E-state index in [4.69, 9.17) is 4.74 Å². The van der Waals surface area contributed by atoms with Crippen LogP contribution in [0.5, 0.6) is 0 Å². The molecule has 1 aromatic carbocycles. The zero-order chi connectivity index (χ0) is 15.4. The van der Waals surface area contributed by atoms with Crippen molar-refractivity contribution >= 4 is 6.29 Å². The van der Waals surface area contributed by atoms with E-state index in [0.29, 0.717) is 5.92 Å². The van der Waals surface area contributed by atoms with Crippen LogP contribution in [0.2, 0.25) is 0 Å². The molecule has 0 aliphatic heterocycles. The molecule has 0 bridgehead atoms. The zero-order valence-electron chi connectivity index (χ0n) is 14.0. The standard InChI is InChI=1S/C18H28O2/c1-8-20-12(4)9-16-13(5)17(10-19)15(7)18(11(2)3)14(16)6/h10-12H,8-9H2,1-7H3. The number of hydrogen-bond acceptors (Lipinski definition) is 2. The molecule has 1 atom stereocenters. The van der Waals surface area contributed by atoms with Crippen LogP contribution in [0, 0.1) is 20.8 Å². The summed E-state index contributed by atoms with van der Waals surface area (Å²) in [5, 5.41) is 0. The lowest BCUT2D eigenvalue weighted by molar-refractivity contribution is 0.0765. The van der Waals surface area contributed by atoms with E-state index in [2.05, 4.69) is 41.5 Å². The summed E-state index contributed by atoms with van der Waals surface area (Å²) in [4.78, 5) is 11.5. The molecule has 0 N–H and O–H groups in total. The van der Waals surface area contributed by atoms with Crippen molar-refractivity contribution in [2.24, 2.45) is 0 Å². The Balaban J connectivity index is 3.43. The molecule has 0 saturated carbocycles. The molecule has 2 nitrogen and oxygen atoms in total. The summed E-state index contributed by atoms with van der Waals surface area (Å²) in [6.45, 7) is 15.5. The molecule has 0 heterocycles. The molecular weight excluding hydrogens is 248 g/mol. The largest absolute Gasteiger partial charge is 0.378 e. The lowest BCUT2D eigenvalue weighted by atomic mass is 9.82. The summed E-state index contributed by atoms with van der Waals surface area (Å²) in [5.41, 5.74) is 7.03. The normalized spacial score (nSPS) is 12.8. The van der Waals surface area contributed by atoms with Crippen LogP contribution in [-0.2, 0) is 11.2 Å². The summed E-state index contributed by atoms with van der Waals surface area (Å²) >= 11 is 0. The first-order chi connectivity index (χ1) is 9.34. The van der Waals surface area contributed by atoms with Gasteiger partial charge in [-0.3, -0.25) is 4.79 Å². The van der Waals surface area contributed by atoms with Crippen molar-refractivity contribution in [1.29, 1.82) is 0 Å². The van der Waals surface area contributed by atoms with Crippen molar-refractivity contribution in [2.75, 3.05) is 6.61 Å². The van der Waals surface area contributed by atoms with Gasteiger partial charge in [0.2, 0.25) is 0 Å². The van der Waals surface area contributed by atoms with Gasteiger partial charge in [-0.2, -0.15) is 0 Å². The minimum Gasteiger partial charge on any atom is -0.378 e. The summed E-state index contributed by atoms with van der Waals surface area (Å²) < 4.78 is 5.67. The first kappa shape index (κ1) is 16.9. The predicted molar refractivity (Wildman–Crippen MR) is 84.9 cm³/mol. The molecule has 1 rings (SSSR count). The van der Waals surface area contributed by atoms with E-state index in [-0.39, 0.29) is 6.10 Å². The smallest absolute Gasteiger partial charge is 0.150 e. The molecule has 0 fully saturated rings. The average Bonchev–Trinajstić information content (AvgIpc) is 2.35. The first-order valence-electron chi connectivity index (χ1n) is 7.54. The van der Waals surface area contributed by atoms with Crippen LogP contribution in [0.25, 0.3) is 0 Å². The topological polar surface area (TPSA) is 26.3 Å². The van der Waals surface area contributed by atoms with Gasteiger partial charge in [0, 0.05) is 12.2 Å². The fraction of sp³-hybridized carbons (Fsp3) is 0.611. The number of aldehydes is 1. The third-order valence-electron chi connectivity index (χ3n) is 4.16. The Morgan fingerprint density at radius 1 is 1.05 bits per heavy atom. The van der Waals surface area contributed by atoms with E-state index in [1.165, 1.54) is 16.7 Å². The highest BCUT2D eigenvalue weighted by Crippen LogP contribution is 2.32. The molecular formula is C18H28O2. The maximum Gasteiger partial charge on any atom is 0.150 e. The lowest BCUT2D eigenvalue weighted by Crippen LogP contribution is -2.16. The van der Waals surface area contributed by atoms with Crippen molar-refractivity contribution in [3.8, 4) is 0 Å². The SMILES string of the molecule is CCOC(C)Cc1c(C)c(C=O)c(C)c(C(C)C)c1C. The fourth-order valence-corrected chi connectivity index (χ4v) is 3.29. The number of benzene rings is 1. The molecule has 20 heavy (non-hydrogen) atoms. The van der Waals surface area contributed by atoms with E-state index in [9.17, 15) is 4.79 Å². The van der Waals surface area contributed by atoms with E-state index in [1.54, 1.807) is 0 Å². The van der Waals surface area contributed by atoms with Gasteiger partial charge in [0.05, 0.1) is 6.10 Å². The van der Waals surface area contributed by atoms with Gasteiger partial charge in [0.15, 0.2) is 6.29 Å². The van der Waals surface area contributed by atoms with Gasteiger partial charge in [-0.05, 0) is 74.8 Å². The second-order valence-corrected chi connectivity index (χ2v) is 5.92. The predicted octanol–water partition coefficient (Wildman–Crippen LogP) is 4.52. The van der Waals surface area contributed by atoms with Crippen LogP contribution in [0.1, 0.15) is 71.8 Å². The van der Waals surface area contributed by atoms with E-state index < -0.39 is 0 Å². The van der Waals surface area contributed by atoms with E-state index in [0.717, 1.165) is 36.0 Å². The highest BCUT2D eigenvalue weighted by atomic mass is 16.5. The minimum atomic E-state index is 0.180. The van der Waals surface area contributed by atoms with Gasteiger partial charge in [-0.1, -0.05) is 13.8 Å². The highest BCUT2D eigenvalue weighted by molar-refractivity contribution is 5.82. The summed E-state index contributed by atoms with van der Waals surface area (Å²) in [6, 6.07) is 0. The number of ether oxygens (including phenoxy) is 1. The number of rotatable bonds is 6. The van der Waals surface area contributed by atoms with Crippen LogP contribution in [0.4, 0.5) is 0 Å². The minimum absolute atomic E-state index is 0.180. The van der Waals surface area contributed by atoms with Crippen LogP contribution in [0.15, 0.2) is 0 Å². The molecule has 0 aliphatic carbocycles. The van der Waals surface area contributed by atoms with E-state index >= 15 is 0 Å². The summed E-state index contributed by atoms with van der Waals surface area (Å²) in [5.74, 6) is 0.426. The molecule has 0 spiro atoms. The van der Waals surface area contributed by atoms with Crippen molar-refractivity contribution in [3.63, 3.8) is 0 Å². The molecule has 0 amide bonds. The van der Waals surface area contributed by atoms with E-state index in [1.807, 2.05) is 6.92 Å². The molecule has 1 unspecified atom stereocenters. The van der Waals surface area contributed by atoms with Gasteiger partial charge in [-0.15, -0.1) is 0 Å². The van der Waals surface area contributed by atoms with Gasteiger partial charge in [-0.25, -0.2) is 0 Å². The third-order valence-corrected chi connectivity index (χ3v) is 4.16. The molecule has 0 saturated heterocycles. The quantitative estimate of drug-likeness (QED) is 0.714. The number of carbonyl (C=O) groups excluding carboxylic acids is 1. The highest BCUT2D eigenvalue weighted by Gasteiger charge is 2.19. The number of hydrogen-bond donors (Lipinski definition) is 0. The van der Waals surface area contributed by atoms with Crippen molar-refractivity contribution in [2.45, 2.75) is 66.9 Å². The average molecular weight is 276 g/mol. The summed E-state index contributed by atoms with van der Waals surface area (Å²) in [6.07, 6.45) is 2.05. The molecule has 2 heteroatoms. The molecule has 1 aromatic rings. The fourth-order valence-electron chi connectivity index (χ4n) is 3.29. The molecule has 0 radical (unpaired) electrons.